The fourth-order valence-corrected chi connectivity index (χ4v) is 2.79. The van der Waals surface area contributed by atoms with E-state index in [-0.39, 0.29) is 11.8 Å². The Hall–Kier alpha value is -1.22. The fraction of sp³-hybridized carbons (Fsp3) is 0.913. The number of carbonyl (C=O) groups excluding carboxylic acids is 2. The second-order valence-electron chi connectivity index (χ2n) is 8.09. The molecule has 0 aromatic heterocycles. The molecule has 0 aliphatic heterocycles. The summed E-state index contributed by atoms with van der Waals surface area (Å²) in [6.45, 7) is 10.3. The third kappa shape index (κ3) is 24.9. The molecule has 31 heavy (non-hydrogen) atoms. The maximum absolute atomic E-state index is 11.8. The highest BCUT2D eigenvalue weighted by molar-refractivity contribution is 5.78. The van der Waals surface area contributed by atoms with Gasteiger partial charge in [0.25, 0.3) is 0 Å². The number of nitrogens with one attached hydrogen (secondary N) is 3. The second kappa shape index (κ2) is 23.4. The van der Waals surface area contributed by atoms with Crippen LogP contribution in [0, 0.1) is 5.92 Å². The summed E-state index contributed by atoms with van der Waals surface area (Å²) in [5.41, 5.74) is 0. The first-order valence-corrected chi connectivity index (χ1v) is 12.0. The first-order valence-electron chi connectivity index (χ1n) is 12.0. The van der Waals surface area contributed by atoms with Gasteiger partial charge in [0.1, 0.15) is 0 Å². The highest BCUT2D eigenvalue weighted by Crippen LogP contribution is 2.05. The van der Waals surface area contributed by atoms with Crippen LogP contribution in [-0.4, -0.2) is 78.1 Å². The molecule has 0 heterocycles. The van der Waals surface area contributed by atoms with Crippen LogP contribution in [0.15, 0.2) is 0 Å². The Bertz CT molecular complexity index is 422. The minimum Gasteiger partial charge on any atom is -0.379 e. The predicted molar refractivity (Wildman–Crippen MR) is 124 cm³/mol. The van der Waals surface area contributed by atoms with Crippen LogP contribution in [-0.2, 0) is 23.8 Å². The molecule has 0 aliphatic carbocycles. The molecule has 2 amide bonds. The maximum Gasteiger partial charge on any atom is 0.220 e. The van der Waals surface area contributed by atoms with Crippen molar-refractivity contribution in [1.82, 2.24) is 16.0 Å². The number of hydrogen-bond acceptors (Lipinski definition) is 6. The van der Waals surface area contributed by atoms with E-state index in [1.807, 2.05) is 7.05 Å². The van der Waals surface area contributed by atoms with Crippen molar-refractivity contribution >= 4 is 11.8 Å². The number of amides is 2. The highest BCUT2D eigenvalue weighted by atomic mass is 16.5. The van der Waals surface area contributed by atoms with Crippen molar-refractivity contribution < 1.29 is 23.8 Å². The van der Waals surface area contributed by atoms with E-state index in [4.69, 9.17) is 14.2 Å². The van der Waals surface area contributed by atoms with Crippen LogP contribution in [0.3, 0.4) is 0 Å². The van der Waals surface area contributed by atoms with Crippen LogP contribution >= 0.6 is 0 Å². The molecule has 0 radical (unpaired) electrons. The molecule has 8 nitrogen and oxygen atoms in total. The van der Waals surface area contributed by atoms with Crippen molar-refractivity contribution in [1.29, 1.82) is 0 Å². The normalized spacial score (nSPS) is 11.1. The van der Waals surface area contributed by atoms with Crippen LogP contribution in [0.4, 0.5) is 0 Å². The van der Waals surface area contributed by atoms with E-state index in [0.717, 1.165) is 45.4 Å². The van der Waals surface area contributed by atoms with E-state index in [2.05, 4.69) is 29.8 Å². The van der Waals surface area contributed by atoms with Crippen molar-refractivity contribution in [3.05, 3.63) is 0 Å². The van der Waals surface area contributed by atoms with Crippen LogP contribution in [0.25, 0.3) is 0 Å². The van der Waals surface area contributed by atoms with Gasteiger partial charge in [-0.25, -0.2) is 0 Å². The average Bonchev–Trinajstić information content (AvgIpc) is 2.73. The Balaban J connectivity index is 3.28. The fourth-order valence-electron chi connectivity index (χ4n) is 2.79. The Morgan fingerprint density at radius 3 is 1.65 bits per heavy atom. The topological polar surface area (TPSA) is 97.9 Å². The van der Waals surface area contributed by atoms with Gasteiger partial charge in [-0.3, -0.25) is 9.59 Å². The van der Waals surface area contributed by atoms with Crippen molar-refractivity contribution in [2.45, 2.75) is 65.2 Å². The zero-order valence-corrected chi connectivity index (χ0v) is 20.1. The van der Waals surface area contributed by atoms with Crippen LogP contribution in [0.1, 0.15) is 65.2 Å². The van der Waals surface area contributed by atoms with Crippen molar-refractivity contribution in [2.75, 3.05) is 66.3 Å². The summed E-state index contributed by atoms with van der Waals surface area (Å²) in [5.74, 6) is 0.736. The Morgan fingerprint density at radius 2 is 1.13 bits per heavy atom. The lowest BCUT2D eigenvalue weighted by atomic mass is 10.1. The molecule has 0 aromatic carbocycles. The van der Waals surface area contributed by atoms with Gasteiger partial charge in [0.05, 0.1) is 26.4 Å². The summed E-state index contributed by atoms with van der Waals surface area (Å²) in [4.78, 5) is 23.5. The highest BCUT2D eigenvalue weighted by Gasteiger charge is 2.05. The molecule has 0 aliphatic rings. The Kier molecular flexibility index (Phi) is 22.5. The lowest BCUT2D eigenvalue weighted by molar-refractivity contribution is -0.122. The number of unbranched alkanes of at least 4 members (excludes halogenated alkanes) is 1. The molecule has 0 saturated heterocycles. The maximum atomic E-state index is 11.8. The molecule has 0 unspecified atom stereocenters. The van der Waals surface area contributed by atoms with Gasteiger partial charge >= 0.3 is 0 Å². The van der Waals surface area contributed by atoms with E-state index in [1.54, 1.807) is 0 Å². The van der Waals surface area contributed by atoms with E-state index < -0.39 is 0 Å². The molecule has 0 atom stereocenters. The average molecular weight is 446 g/mol. The van der Waals surface area contributed by atoms with Crippen LogP contribution < -0.4 is 16.0 Å². The summed E-state index contributed by atoms with van der Waals surface area (Å²) in [6, 6.07) is 0. The number of ether oxygens (including phenoxy) is 3. The van der Waals surface area contributed by atoms with Gasteiger partial charge in [0, 0.05) is 39.1 Å². The summed E-state index contributed by atoms with van der Waals surface area (Å²) < 4.78 is 16.3. The predicted octanol–water partition coefficient (Wildman–Crippen LogP) is 2.26. The summed E-state index contributed by atoms with van der Waals surface area (Å²) in [5, 5.41) is 8.86. The van der Waals surface area contributed by atoms with Gasteiger partial charge in [-0.2, -0.15) is 0 Å². The van der Waals surface area contributed by atoms with Gasteiger partial charge in [-0.05, 0) is 45.2 Å². The molecule has 184 valence electrons. The zero-order valence-electron chi connectivity index (χ0n) is 20.1. The minimum atomic E-state index is -0.0113. The van der Waals surface area contributed by atoms with E-state index >= 15 is 0 Å². The molecule has 0 spiro atoms. The first kappa shape index (κ1) is 29.8. The van der Waals surface area contributed by atoms with E-state index in [1.165, 1.54) is 6.42 Å². The van der Waals surface area contributed by atoms with Gasteiger partial charge in [-0.15, -0.1) is 0 Å². The number of hydrogen-bond donors (Lipinski definition) is 3. The Morgan fingerprint density at radius 1 is 0.645 bits per heavy atom. The van der Waals surface area contributed by atoms with Gasteiger partial charge in [0.15, 0.2) is 0 Å². The molecule has 0 fully saturated rings. The summed E-state index contributed by atoms with van der Waals surface area (Å²) in [7, 11) is 1.93. The van der Waals surface area contributed by atoms with Gasteiger partial charge in [0.2, 0.25) is 11.8 Å². The van der Waals surface area contributed by atoms with Gasteiger partial charge < -0.3 is 30.2 Å². The zero-order chi connectivity index (χ0) is 23.0. The van der Waals surface area contributed by atoms with Crippen molar-refractivity contribution in [2.24, 2.45) is 5.92 Å². The SMILES string of the molecule is CNCCCOCCOCCOCCCNC(=O)CCCC(=O)NCCCCC(C)C. The second-order valence-corrected chi connectivity index (χ2v) is 8.09. The lowest BCUT2D eigenvalue weighted by Gasteiger charge is -2.08. The number of rotatable bonds is 23. The smallest absolute Gasteiger partial charge is 0.220 e. The van der Waals surface area contributed by atoms with E-state index in [9.17, 15) is 9.59 Å². The van der Waals surface area contributed by atoms with Crippen LogP contribution in [0.5, 0.6) is 0 Å². The van der Waals surface area contributed by atoms with E-state index in [0.29, 0.717) is 64.8 Å². The number of carbonyl (C=O) groups is 2. The van der Waals surface area contributed by atoms with Crippen LogP contribution in [0.2, 0.25) is 0 Å². The summed E-state index contributed by atoms with van der Waals surface area (Å²) >= 11 is 0. The van der Waals surface area contributed by atoms with Crippen molar-refractivity contribution in [3.8, 4) is 0 Å². The molecule has 0 rings (SSSR count). The first-order chi connectivity index (χ1) is 15.1. The molecule has 0 bridgehead atoms. The molecule has 0 aromatic rings. The van der Waals surface area contributed by atoms with Gasteiger partial charge in [-0.1, -0.05) is 26.7 Å². The summed E-state index contributed by atoms with van der Waals surface area (Å²) in [6.07, 6.45) is 6.49. The standard InChI is InChI=1S/C23H47N3O5/c1-21(2)9-4-5-13-25-22(27)10-6-11-23(28)26-14-8-16-30-18-20-31-19-17-29-15-7-12-24-3/h21,24H,4-20H2,1-3H3,(H,25,27)(H,26,28). The van der Waals surface area contributed by atoms with Crippen molar-refractivity contribution in [3.63, 3.8) is 0 Å². The largest absolute Gasteiger partial charge is 0.379 e. The monoisotopic (exact) mass is 445 g/mol. The quantitative estimate of drug-likeness (QED) is 0.209. The Labute approximate surface area is 189 Å². The lowest BCUT2D eigenvalue weighted by Crippen LogP contribution is -2.27. The molecular formula is C23H47N3O5. The minimum absolute atomic E-state index is 0.0113. The molecule has 0 saturated carbocycles. The third-order valence-corrected chi connectivity index (χ3v) is 4.59. The molecular weight excluding hydrogens is 398 g/mol. The third-order valence-electron chi connectivity index (χ3n) is 4.59. The molecule has 3 N–H and O–H groups in total. The molecule has 8 heteroatoms.